The molecule has 4 rings (SSSR count). The number of aromatic nitrogens is 1. The van der Waals surface area contributed by atoms with Crippen LogP contribution in [0.4, 0.5) is 0 Å². The van der Waals surface area contributed by atoms with Crippen LogP contribution >= 0.6 is 0 Å². The van der Waals surface area contributed by atoms with Gasteiger partial charge in [0.2, 0.25) is 12.7 Å². The summed E-state index contributed by atoms with van der Waals surface area (Å²) in [5.74, 6) is 1.89. The molecule has 0 fully saturated rings. The third-order valence-electron chi connectivity index (χ3n) is 5.14. The van der Waals surface area contributed by atoms with Gasteiger partial charge in [0, 0.05) is 34.8 Å². The van der Waals surface area contributed by atoms with E-state index >= 15 is 0 Å². The molecule has 2 unspecified atom stereocenters. The van der Waals surface area contributed by atoms with Crippen molar-refractivity contribution in [2.45, 2.75) is 31.8 Å². The molecule has 0 aliphatic carbocycles. The topological polar surface area (TPSA) is 98.6 Å². The van der Waals surface area contributed by atoms with Crippen LogP contribution in [-0.4, -0.2) is 36.9 Å². The molecule has 0 saturated carbocycles. The Morgan fingerprint density at radius 1 is 1.21 bits per heavy atom. The number of para-hydroxylation sites is 1. The number of carbonyl (C=O) groups excluding carboxylic acids is 1. The molecule has 2 heterocycles. The highest BCUT2D eigenvalue weighted by molar-refractivity contribution is 5.86. The largest absolute Gasteiger partial charge is 0.496 e. The number of nitrogens with one attached hydrogen (secondary N) is 2. The summed E-state index contributed by atoms with van der Waals surface area (Å²) in [5.41, 5.74) is 9.20. The van der Waals surface area contributed by atoms with Crippen LogP contribution in [-0.2, 0) is 17.6 Å². The number of rotatable bonds is 7. The number of nitrogens with two attached hydrogens (primary N) is 1. The summed E-state index contributed by atoms with van der Waals surface area (Å²) in [6.07, 6.45) is 2.97. The van der Waals surface area contributed by atoms with Crippen LogP contribution in [0.15, 0.2) is 42.6 Å². The van der Waals surface area contributed by atoms with Crippen molar-refractivity contribution in [2.75, 3.05) is 13.9 Å². The lowest BCUT2D eigenvalue weighted by molar-refractivity contribution is -0.122. The Kier molecular flexibility index (Phi) is 5.31. The third kappa shape index (κ3) is 4.00. The number of ether oxygens (including phenoxy) is 3. The first-order valence-corrected chi connectivity index (χ1v) is 9.62. The molecule has 152 valence electrons. The molecule has 29 heavy (non-hydrogen) atoms. The molecule has 1 amide bonds. The van der Waals surface area contributed by atoms with Crippen molar-refractivity contribution in [3.05, 3.63) is 53.7 Å². The maximum Gasteiger partial charge on any atom is 0.237 e. The predicted molar refractivity (Wildman–Crippen MR) is 110 cm³/mol. The Bertz CT molecular complexity index is 1030. The normalized spacial score (nSPS) is 14.6. The first kappa shape index (κ1) is 19.1. The summed E-state index contributed by atoms with van der Waals surface area (Å²) in [6.45, 7) is 2.15. The van der Waals surface area contributed by atoms with Gasteiger partial charge in [-0.25, -0.2) is 0 Å². The van der Waals surface area contributed by atoms with Gasteiger partial charge in [-0.2, -0.15) is 0 Å². The molecule has 0 saturated heterocycles. The maximum absolute atomic E-state index is 12.6. The summed E-state index contributed by atoms with van der Waals surface area (Å²) in [6, 6.07) is 10.9. The van der Waals surface area contributed by atoms with Crippen molar-refractivity contribution in [1.82, 2.24) is 10.3 Å². The second kappa shape index (κ2) is 8.05. The van der Waals surface area contributed by atoms with E-state index < -0.39 is 6.04 Å². The summed E-state index contributed by atoms with van der Waals surface area (Å²) < 4.78 is 16.3. The number of carbonyl (C=O) groups is 1. The predicted octanol–water partition coefficient (Wildman–Crippen LogP) is 2.52. The smallest absolute Gasteiger partial charge is 0.237 e. The van der Waals surface area contributed by atoms with Gasteiger partial charge in [-0.15, -0.1) is 0 Å². The molecule has 2 aromatic carbocycles. The Labute approximate surface area is 169 Å². The Morgan fingerprint density at radius 3 is 2.76 bits per heavy atom. The molecule has 0 bridgehead atoms. The fraction of sp³-hybridized carbons (Fsp3) is 0.318. The van der Waals surface area contributed by atoms with Crippen molar-refractivity contribution >= 4 is 16.8 Å². The van der Waals surface area contributed by atoms with Crippen LogP contribution in [0.25, 0.3) is 10.9 Å². The van der Waals surface area contributed by atoms with E-state index in [0.717, 1.165) is 22.0 Å². The summed E-state index contributed by atoms with van der Waals surface area (Å²) >= 11 is 0. The molecule has 3 aromatic rings. The minimum absolute atomic E-state index is 0.120. The van der Waals surface area contributed by atoms with Crippen molar-refractivity contribution in [3.8, 4) is 17.2 Å². The van der Waals surface area contributed by atoms with Crippen molar-refractivity contribution in [3.63, 3.8) is 0 Å². The molecule has 4 N–H and O–H groups in total. The van der Waals surface area contributed by atoms with Crippen LogP contribution in [0.5, 0.6) is 17.2 Å². The van der Waals surface area contributed by atoms with E-state index in [0.29, 0.717) is 30.1 Å². The Hall–Kier alpha value is -3.19. The lowest BCUT2D eigenvalue weighted by Gasteiger charge is -2.19. The van der Waals surface area contributed by atoms with E-state index in [1.807, 2.05) is 49.5 Å². The third-order valence-corrected chi connectivity index (χ3v) is 5.14. The van der Waals surface area contributed by atoms with E-state index in [-0.39, 0.29) is 18.7 Å². The molecule has 1 aromatic heterocycles. The van der Waals surface area contributed by atoms with Crippen LogP contribution in [0.2, 0.25) is 0 Å². The highest BCUT2D eigenvalue weighted by atomic mass is 16.7. The molecule has 7 nitrogen and oxygen atoms in total. The highest BCUT2D eigenvalue weighted by Gasteiger charge is 2.21. The Balaban J connectivity index is 1.39. The SMILES string of the molecule is COc1cc2c(cc1CC(C)NC(=O)C(N)Cc1c[nH]c3ccccc13)OCO2. The van der Waals surface area contributed by atoms with Crippen LogP contribution in [0.3, 0.4) is 0 Å². The fourth-order valence-corrected chi connectivity index (χ4v) is 3.68. The molecule has 1 aliphatic rings. The van der Waals surface area contributed by atoms with Crippen LogP contribution in [0, 0.1) is 0 Å². The molecule has 7 heteroatoms. The van der Waals surface area contributed by atoms with Gasteiger partial charge in [0.25, 0.3) is 0 Å². The maximum atomic E-state index is 12.6. The van der Waals surface area contributed by atoms with E-state index in [2.05, 4.69) is 10.3 Å². The standard InChI is InChI=1S/C22H25N3O4/c1-13(7-14-9-20-21(29-12-28-20)10-19(14)27-2)25-22(26)17(23)8-15-11-24-18-6-4-3-5-16(15)18/h3-6,9-11,13,17,24H,7-8,12,23H2,1-2H3,(H,25,26). The molecule has 2 atom stereocenters. The molecule has 0 spiro atoms. The first-order chi connectivity index (χ1) is 14.0. The van der Waals surface area contributed by atoms with Gasteiger partial charge in [-0.1, -0.05) is 18.2 Å². The van der Waals surface area contributed by atoms with Gasteiger partial charge in [0.15, 0.2) is 11.5 Å². The summed E-state index contributed by atoms with van der Waals surface area (Å²) in [4.78, 5) is 15.8. The molecular formula is C22H25N3O4. The van der Waals surface area contributed by atoms with Gasteiger partial charge in [0.1, 0.15) is 5.75 Å². The van der Waals surface area contributed by atoms with Crippen LogP contribution < -0.4 is 25.3 Å². The quantitative estimate of drug-likeness (QED) is 0.571. The number of H-pyrrole nitrogens is 1. The number of amides is 1. The van der Waals surface area contributed by atoms with E-state index in [9.17, 15) is 4.79 Å². The van der Waals surface area contributed by atoms with Gasteiger partial charge in [0.05, 0.1) is 13.2 Å². The van der Waals surface area contributed by atoms with Gasteiger partial charge >= 0.3 is 0 Å². The number of aromatic amines is 1. The number of hydrogen-bond donors (Lipinski definition) is 3. The monoisotopic (exact) mass is 395 g/mol. The minimum atomic E-state index is -0.629. The van der Waals surface area contributed by atoms with Crippen molar-refractivity contribution in [1.29, 1.82) is 0 Å². The average molecular weight is 395 g/mol. The number of fused-ring (bicyclic) bond motifs is 2. The zero-order valence-electron chi connectivity index (χ0n) is 16.5. The van der Waals surface area contributed by atoms with E-state index in [1.165, 1.54) is 0 Å². The molecule has 0 radical (unpaired) electrons. The second-order valence-corrected chi connectivity index (χ2v) is 7.30. The fourth-order valence-electron chi connectivity index (χ4n) is 3.68. The number of benzene rings is 2. The van der Waals surface area contributed by atoms with E-state index in [1.54, 1.807) is 7.11 Å². The van der Waals surface area contributed by atoms with Gasteiger partial charge < -0.3 is 30.2 Å². The lowest BCUT2D eigenvalue weighted by atomic mass is 10.0. The highest BCUT2D eigenvalue weighted by Crippen LogP contribution is 2.38. The summed E-state index contributed by atoms with van der Waals surface area (Å²) in [5, 5.41) is 4.10. The second-order valence-electron chi connectivity index (χ2n) is 7.30. The zero-order chi connectivity index (χ0) is 20.4. The summed E-state index contributed by atoms with van der Waals surface area (Å²) in [7, 11) is 1.61. The van der Waals surface area contributed by atoms with Crippen molar-refractivity contribution < 1.29 is 19.0 Å². The van der Waals surface area contributed by atoms with Gasteiger partial charge in [-0.05, 0) is 37.5 Å². The average Bonchev–Trinajstić information content (AvgIpc) is 3.33. The van der Waals surface area contributed by atoms with Gasteiger partial charge in [-0.3, -0.25) is 4.79 Å². The van der Waals surface area contributed by atoms with E-state index in [4.69, 9.17) is 19.9 Å². The molecule has 1 aliphatic heterocycles. The Morgan fingerprint density at radius 2 is 1.97 bits per heavy atom. The van der Waals surface area contributed by atoms with Crippen LogP contribution in [0.1, 0.15) is 18.1 Å². The van der Waals surface area contributed by atoms with Crippen molar-refractivity contribution in [2.24, 2.45) is 5.73 Å². The first-order valence-electron chi connectivity index (χ1n) is 9.62. The number of methoxy groups -OCH3 is 1. The lowest BCUT2D eigenvalue weighted by Crippen LogP contribution is -2.46. The molecular weight excluding hydrogens is 370 g/mol. The number of hydrogen-bond acceptors (Lipinski definition) is 5. The zero-order valence-corrected chi connectivity index (χ0v) is 16.5. The minimum Gasteiger partial charge on any atom is -0.496 e.